The molecule has 2 fully saturated rings. The van der Waals surface area contributed by atoms with Crippen LogP contribution >= 0.6 is 0 Å². The first kappa shape index (κ1) is 7.77. The van der Waals surface area contributed by atoms with Gasteiger partial charge in [0.2, 0.25) is 5.91 Å². The Balaban J connectivity index is 2.09. The Morgan fingerprint density at radius 2 is 2.08 bits per heavy atom. The highest BCUT2D eigenvalue weighted by Crippen LogP contribution is 2.32. The zero-order chi connectivity index (χ0) is 8.55. The van der Waals surface area contributed by atoms with E-state index in [9.17, 15) is 9.59 Å². The highest BCUT2D eigenvalue weighted by molar-refractivity contribution is 5.85. The molecule has 0 spiro atoms. The van der Waals surface area contributed by atoms with E-state index < -0.39 is 0 Å². The van der Waals surface area contributed by atoms with Crippen LogP contribution in [0.5, 0.6) is 0 Å². The van der Waals surface area contributed by atoms with Crippen LogP contribution in [0.1, 0.15) is 25.7 Å². The van der Waals surface area contributed by atoms with Gasteiger partial charge in [-0.15, -0.1) is 0 Å². The first-order valence-electron chi connectivity index (χ1n) is 4.57. The Kier molecular flexibility index (Phi) is 1.87. The molecule has 1 saturated carbocycles. The summed E-state index contributed by atoms with van der Waals surface area (Å²) >= 11 is 0. The Bertz CT molecular complexity index is 225. The Labute approximate surface area is 71.5 Å². The molecular formula is C9H13NO2. The van der Waals surface area contributed by atoms with E-state index in [1.54, 1.807) is 0 Å². The fraction of sp³-hybridized carbons (Fsp3) is 0.778. The first-order valence-corrected chi connectivity index (χ1v) is 4.57. The fourth-order valence-corrected chi connectivity index (χ4v) is 2.25. The molecule has 1 heterocycles. The maximum atomic E-state index is 11.3. The second-order valence-electron chi connectivity index (χ2n) is 3.73. The molecule has 12 heavy (non-hydrogen) atoms. The Hall–Kier alpha value is -0.860. The zero-order valence-electron chi connectivity index (χ0n) is 7.01. The van der Waals surface area contributed by atoms with Gasteiger partial charge in [0.25, 0.3) is 0 Å². The Morgan fingerprint density at radius 1 is 1.25 bits per heavy atom. The van der Waals surface area contributed by atoms with Gasteiger partial charge in [-0.3, -0.25) is 9.59 Å². The van der Waals surface area contributed by atoms with Gasteiger partial charge in [-0.05, 0) is 18.8 Å². The number of nitrogens with one attached hydrogen (secondary N) is 1. The molecule has 1 amide bonds. The van der Waals surface area contributed by atoms with Crippen molar-refractivity contribution in [1.29, 1.82) is 0 Å². The van der Waals surface area contributed by atoms with Crippen LogP contribution in [0, 0.1) is 11.8 Å². The number of rotatable bonds is 0. The van der Waals surface area contributed by atoms with Crippen LogP contribution in [-0.2, 0) is 9.59 Å². The number of fused-ring (bicyclic) bond motifs is 1. The van der Waals surface area contributed by atoms with Gasteiger partial charge in [0, 0.05) is 25.3 Å². The van der Waals surface area contributed by atoms with Crippen molar-refractivity contribution in [3.05, 3.63) is 0 Å². The molecule has 1 saturated heterocycles. The van der Waals surface area contributed by atoms with Gasteiger partial charge in [0.15, 0.2) is 0 Å². The number of amides is 1. The van der Waals surface area contributed by atoms with E-state index in [0.29, 0.717) is 24.5 Å². The van der Waals surface area contributed by atoms with Crippen LogP contribution in [0.3, 0.4) is 0 Å². The van der Waals surface area contributed by atoms with Gasteiger partial charge >= 0.3 is 0 Å². The van der Waals surface area contributed by atoms with Crippen molar-refractivity contribution in [3.63, 3.8) is 0 Å². The van der Waals surface area contributed by atoms with Crippen LogP contribution < -0.4 is 5.32 Å². The van der Waals surface area contributed by atoms with E-state index in [2.05, 4.69) is 5.32 Å². The summed E-state index contributed by atoms with van der Waals surface area (Å²) in [5, 5.41) is 2.85. The van der Waals surface area contributed by atoms with Crippen LogP contribution in [0.4, 0.5) is 0 Å². The molecule has 0 radical (unpaired) electrons. The molecule has 2 rings (SSSR count). The highest BCUT2D eigenvalue weighted by Gasteiger charge is 2.36. The number of hydrogen-bond donors (Lipinski definition) is 1. The van der Waals surface area contributed by atoms with Crippen LogP contribution in [0.2, 0.25) is 0 Å². The number of carbonyl (C=O) groups is 2. The molecule has 3 nitrogen and oxygen atoms in total. The number of carbonyl (C=O) groups excluding carboxylic acids is 2. The summed E-state index contributed by atoms with van der Waals surface area (Å²) in [6, 6.07) is 0. The van der Waals surface area contributed by atoms with E-state index in [0.717, 1.165) is 19.4 Å². The predicted molar refractivity (Wildman–Crippen MR) is 43.5 cm³/mol. The molecule has 2 unspecified atom stereocenters. The second kappa shape index (κ2) is 2.88. The maximum Gasteiger partial charge on any atom is 0.223 e. The number of piperidine rings is 1. The topological polar surface area (TPSA) is 46.2 Å². The van der Waals surface area contributed by atoms with Crippen molar-refractivity contribution >= 4 is 11.7 Å². The molecule has 2 aliphatic rings. The van der Waals surface area contributed by atoms with Crippen molar-refractivity contribution in [1.82, 2.24) is 5.32 Å². The lowest BCUT2D eigenvalue weighted by molar-refractivity contribution is -0.133. The zero-order valence-corrected chi connectivity index (χ0v) is 7.01. The molecule has 0 aromatic carbocycles. The average Bonchev–Trinajstić information content (AvgIpc) is 2.04. The van der Waals surface area contributed by atoms with Gasteiger partial charge in [-0.25, -0.2) is 0 Å². The molecule has 1 aliphatic heterocycles. The van der Waals surface area contributed by atoms with E-state index >= 15 is 0 Å². The van der Waals surface area contributed by atoms with Crippen molar-refractivity contribution in [2.75, 3.05) is 6.54 Å². The first-order chi connectivity index (χ1) is 5.77. The molecule has 1 aliphatic carbocycles. The molecule has 2 atom stereocenters. The largest absolute Gasteiger partial charge is 0.356 e. The van der Waals surface area contributed by atoms with E-state index in [1.807, 2.05) is 0 Å². The molecule has 0 aromatic heterocycles. The summed E-state index contributed by atoms with van der Waals surface area (Å²) in [6.45, 7) is 0.757. The lowest BCUT2D eigenvalue weighted by atomic mass is 9.75. The molecule has 0 aromatic rings. The SMILES string of the molecule is O=C1CCC2C(=O)NCCC2C1. The second-order valence-corrected chi connectivity index (χ2v) is 3.73. The quantitative estimate of drug-likeness (QED) is 0.570. The van der Waals surface area contributed by atoms with E-state index in [1.165, 1.54) is 0 Å². The highest BCUT2D eigenvalue weighted by atomic mass is 16.2. The molecule has 0 bridgehead atoms. The fourth-order valence-electron chi connectivity index (χ4n) is 2.25. The minimum absolute atomic E-state index is 0.136. The summed E-state index contributed by atoms with van der Waals surface area (Å²) in [7, 11) is 0. The molecule has 66 valence electrons. The van der Waals surface area contributed by atoms with E-state index in [4.69, 9.17) is 0 Å². The van der Waals surface area contributed by atoms with Gasteiger partial charge in [0.05, 0.1) is 0 Å². The smallest absolute Gasteiger partial charge is 0.223 e. The third-order valence-electron chi connectivity index (χ3n) is 2.94. The van der Waals surface area contributed by atoms with Gasteiger partial charge < -0.3 is 5.32 Å². The normalized spacial score (nSPS) is 35.7. The summed E-state index contributed by atoms with van der Waals surface area (Å²) in [4.78, 5) is 22.4. The predicted octanol–water partition coefficient (Wildman–Crippen LogP) is 0.492. The van der Waals surface area contributed by atoms with E-state index in [-0.39, 0.29) is 11.8 Å². The Morgan fingerprint density at radius 3 is 2.92 bits per heavy atom. The number of Topliss-reactive ketones (excluding diaryl/α,β-unsaturated/α-hetero) is 1. The summed E-state index contributed by atoms with van der Waals surface area (Å²) < 4.78 is 0. The summed E-state index contributed by atoms with van der Waals surface area (Å²) in [5.41, 5.74) is 0. The van der Waals surface area contributed by atoms with Crippen molar-refractivity contribution < 1.29 is 9.59 Å². The van der Waals surface area contributed by atoms with Crippen molar-refractivity contribution in [2.45, 2.75) is 25.7 Å². The molecule has 3 heteroatoms. The minimum Gasteiger partial charge on any atom is -0.356 e. The minimum atomic E-state index is 0.136. The summed E-state index contributed by atoms with van der Waals surface area (Å²) in [6.07, 6.45) is 3.00. The van der Waals surface area contributed by atoms with Crippen molar-refractivity contribution in [2.24, 2.45) is 11.8 Å². The lowest BCUT2D eigenvalue weighted by Gasteiger charge is -2.33. The number of ketones is 1. The monoisotopic (exact) mass is 167 g/mol. The van der Waals surface area contributed by atoms with Gasteiger partial charge in [-0.1, -0.05) is 0 Å². The standard InChI is InChI=1S/C9H13NO2/c11-7-1-2-8-6(5-7)3-4-10-9(8)12/h6,8H,1-5H2,(H,10,12). The van der Waals surface area contributed by atoms with Crippen LogP contribution in [-0.4, -0.2) is 18.2 Å². The maximum absolute atomic E-state index is 11.3. The van der Waals surface area contributed by atoms with Gasteiger partial charge in [0.1, 0.15) is 5.78 Å². The summed E-state index contributed by atoms with van der Waals surface area (Å²) in [5.74, 6) is 0.987. The average molecular weight is 167 g/mol. The molecule has 1 N–H and O–H groups in total. The van der Waals surface area contributed by atoms with Crippen LogP contribution in [0.25, 0.3) is 0 Å². The third-order valence-corrected chi connectivity index (χ3v) is 2.94. The molecular weight excluding hydrogens is 154 g/mol. The third kappa shape index (κ3) is 1.24. The lowest BCUT2D eigenvalue weighted by Crippen LogP contribution is -2.44. The number of hydrogen-bond acceptors (Lipinski definition) is 2. The van der Waals surface area contributed by atoms with Crippen molar-refractivity contribution in [3.8, 4) is 0 Å². The van der Waals surface area contributed by atoms with Gasteiger partial charge in [-0.2, -0.15) is 0 Å². The van der Waals surface area contributed by atoms with Crippen LogP contribution in [0.15, 0.2) is 0 Å².